The Balaban J connectivity index is 1.52. The van der Waals surface area contributed by atoms with Crippen molar-refractivity contribution < 1.29 is 17.6 Å². The SMILES string of the molecule is Cc1ccc(-c2nnc(NC(=O)C3CCCN3S(=O)(=O)c3ccc(Cl)s3)o2)c(C)c1. The van der Waals surface area contributed by atoms with Crippen molar-refractivity contribution >= 4 is 44.9 Å². The molecule has 1 fully saturated rings. The highest BCUT2D eigenvalue weighted by atomic mass is 35.5. The first kappa shape index (κ1) is 21.0. The summed E-state index contributed by atoms with van der Waals surface area (Å²) in [5, 5.41) is 10.4. The number of aryl methyl sites for hydroxylation is 2. The van der Waals surface area contributed by atoms with Gasteiger partial charge in [0.1, 0.15) is 10.3 Å². The van der Waals surface area contributed by atoms with Gasteiger partial charge in [-0.25, -0.2) is 8.42 Å². The van der Waals surface area contributed by atoms with Crippen LogP contribution in [-0.2, 0) is 14.8 Å². The molecule has 0 spiro atoms. The minimum Gasteiger partial charge on any atom is -0.403 e. The number of amides is 1. The average molecular weight is 467 g/mol. The van der Waals surface area contributed by atoms with E-state index in [1.165, 1.54) is 16.4 Å². The van der Waals surface area contributed by atoms with Gasteiger partial charge in [-0.1, -0.05) is 34.4 Å². The highest BCUT2D eigenvalue weighted by molar-refractivity contribution is 7.91. The van der Waals surface area contributed by atoms with Crippen LogP contribution in [0.5, 0.6) is 0 Å². The zero-order valence-electron chi connectivity index (χ0n) is 16.3. The van der Waals surface area contributed by atoms with Crippen LogP contribution < -0.4 is 5.32 Å². The second-order valence-electron chi connectivity index (χ2n) is 7.05. The van der Waals surface area contributed by atoms with Crippen LogP contribution in [0.3, 0.4) is 0 Å². The van der Waals surface area contributed by atoms with Crippen molar-refractivity contribution in [2.45, 2.75) is 36.9 Å². The fourth-order valence-corrected chi connectivity index (χ4v) is 6.74. The molecule has 158 valence electrons. The number of aromatic nitrogens is 2. The van der Waals surface area contributed by atoms with Crippen LogP contribution in [-0.4, -0.2) is 41.4 Å². The van der Waals surface area contributed by atoms with E-state index >= 15 is 0 Å². The second-order valence-corrected chi connectivity index (χ2v) is 10.9. The van der Waals surface area contributed by atoms with Gasteiger partial charge in [-0.15, -0.1) is 16.4 Å². The van der Waals surface area contributed by atoms with Crippen LogP contribution in [0, 0.1) is 13.8 Å². The number of anilines is 1. The fourth-order valence-electron chi connectivity index (χ4n) is 3.47. The van der Waals surface area contributed by atoms with E-state index < -0.39 is 22.0 Å². The minimum atomic E-state index is -3.81. The Kier molecular flexibility index (Phi) is 5.67. The summed E-state index contributed by atoms with van der Waals surface area (Å²) in [6.07, 6.45) is 0.982. The molecule has 1 N–H and O–H groups in total. The van der Waals surface area contributed by atoms with Crippen molar-refractivity contribution in [1.29, 1.82) is 0 Å². The van der Waals surface area contributed by atoms with Gasteiger partial charge in [-0.2, -0.15) is 4.31 Å². The molecule has 0 bridgehead atoms. The topological polar surface area (TPSA) is 105 Å². The van der Waals surface area contributed by atoms with E-state index in [0.717, 1.165) is 28.0 Å². The number of thiophene rings is 1. The summed E-state index contributed by atoms with van der Waals surface area (Å²) >= 11 is 6.85. The maximum absolute atomic E-state index is 12.9. The van der Waals surface area contributed by atoms with E-state index in [1.54, 1.807) is 0 Å². The molecular formula is C19H19ClN4O4S2. The molecule has 1 aliphatic heterocycles. The minimum absolute atomic E-state index is 0.0709. The fraction of sp³-hybridized carbons (Fsp3) is 0.316. The molecule has 0 aliphatic carbocycles. The summed E-state index contributed by atoms with van der Waals surface area (Å²) in [5.74, 6) is -0.221. The first-order chi connectivity index (χ1) is 14.3. The van der Waals surface area contributed by atoms with E-state index in [0.29, 0.717) is 17.2 Å². The standard InChI is InChI=1S/C19H19ClN4O4S2/c1-11-5-6-13(12(2)10-11)18-22-23-19(28-18)21-17(25)14-4-3-9-24(14)30(26,27)16-8-7-15(20)29-16/h5-8,10,14H,3-4,9H2,1-2H3,(H,21,23,25). The molecule has 4 rings (SSSR count). The number of nitrogens with one attached hydrogen (secondary N) is 1. The smallest absolute Gasteiger partial charge is 0.322 e. The third-order valence-electron chi connectivity index (χ3n) is 4.89. The monoisotopic (exact) mass is 466 g/mol. The Labute approximate surface area is 182 Å². The molecule has 1 unspecified atom stereocenters. The molecule has 0 saturated carbocycles. The Morgan fingerprint density at radius 3 is 2.77 bits per heavy atom. The number of nitrogens with zero attached hydrogens (tertiary/aromatic N) is 3. The van der Waals surface area contributed by atoms with Crippen molar-refractivity contribution in [3.05, 3.63) is 45.8 Å². The molecular weight excluding hydrogens is 448 g/mol. The molecule has 1 aromatic carbocycles. The Morgan fingerprint density at radius 1 is 1.27 bits per heavy atom. The lowest BCUT2D eigenvalue weighted by Gasteiger charge is -2.21. The maximum Gasteiger partial charge on any atom is 0.322 e. The largest absolute Gasteiger partial charge is 0.403 e. The summed E-state index contributed by atoms with van der Waals surface area (Å²) in [4.78, 5) is 12.8. The van der Waals surface area contributed by atoms with Gasteiger partial charge in [0.15, 0.2) is 0 Å². The molecule has 2 aromatic heterocycles. The van der Waals surface area contributed by atoms with Crippen LogP contribution in [0.25, 0.3) is 11.5 Å². The number of hydrogen-bond acceptors (Lipinski definition) is 7. The van der Waals surface area contributed by atoms with Gasteiger partial charge in [0, 0.05) is 12.1 Å². The van der Waals surface area contributed by atoms with Crippen LogP contribution in [0.1, 0.15) is 24.0 Å². The van der Waals surface area contributed by atoms with E-state index in [2.05, 4.69) is 15.5 Å². The molecule has 3 aromatic rings. The van der Waals surface area contributed by atoms with Gasteiger partial charge >= 0.3 is 6.01 Å². The molecule has 30 heavy (non-hydrogen) atoms. The summed E-state index contributed by atoms with van der Waals surface area (Å²) in [5.41, 5.74) is 2.85. The number of carbonyl (C=O) groups excluding carboxylic acids is 1. The highest BCUT2D eigenvalue weighted by Crippen LogP contribution is 2.32. The predicted molar refractivity (Wildman–Crippen MR) is 114 cm³/mol. The zero-order chi connectivity index (χ0) is 21.5. The number of carbonyl (C=O) groups is 1. The second kappa shape index (κ2) is 8.10. The van der Waals surface area contributed by atoms with Crippen molar-refractivity contribution in [2.24, 2.45) is 0 Å². The Morgan fingerprint density at radius 2 is 2.07 bits per heavy atom. The number of sulfonamides is 1. The Hall–Kier alpha value is -2.27. The first-order valence-corrected chi connectivity index (χ1v) is 11.9. The summed E-state index contributed by atoms with van der Waals surface area (Å²) in [6, 6.07) is 7.85. The van der Waals surface area contributed by atoms with E-state index in [-0.39, 0.29) is 22.7 Å². The van der Waals surface area contributed by atoms with Crippen LogP contribution in [0.15, 0.2) is 39.0 Å². The summed E-state index contributed by atoms with van der Waals surface area (Å²) in [6.45, 7) is 4.18. The lowest BCUT2D eigenvalue weighted by Crippen LogP contribution is -2.42. The van der Waals surface area contributed by atoms with Gasteiger partial charge < -0.3 is 4.42 Å². The highest BCUT2D eigenvalue weighted by Gasteiger charge is 2.40. The van der Waals surface area contributed by atoms with Crippen molar-refractivity contribution in [3.8, 4) is 11.5 Å². The van der Waals surface area contributed by atoms with E-state index in [1.807, 2.05) is 32.0 Å². The maximum atomic E-state index is 12.9. The lowest BCUT2D eigenvalue weighted by atomic mass is 10.1. The van der Waals surface area contributed by atoms with Crippen LogP contribution >= 0.6 is 22.9 Å². The molecule has 3 heterocycles. The van der Waals surface area contributed by atoms with Crippen molar-refractivity contribution in [1.82, 2.24) is 14.5 Å². The molecule has 11 heteroatoms. The molecule has 1 atom stereocenters. The molecule has 1 aliphatic rings. The molecule has 1 saturated heterocycles. The molecule has 1 amide bonds. The number of hydrogen-bond donors (Lipinski definition) is 1. The van der Waals surface area contributed by atoms with Crippen molar-refractivity contribution in [2.75, 3.05) is 11.9 Å². The summed E-state index contributed by atoms with van der Waals surface area (Å²) in [7, 11) is -3.81. The van der Waals surface area contributed by atoms with E-state index in [4.69, 9.17) is 16.0 Å². The Bertz CT molecular complexity index is 1200. The molecule has 0 radical (unpaired) electrons. The zero-order valence-corrected chi connectivity index (χ0v) is 18.6. The van der Waals surface area contributed by atoms with Gasteiger partial charge in [-0.3, -0.25) is 10.1 Å². The van der Waals surface area contributed by atoms with Gasteiger partial charge in [0.05, 0.1) is 4.34 Å². The first-order valence-electron chi connectivity index (χ1n) is 9.25. The van der Waals surface area contributed by atoms with Crippen LogP contribution in [0.2, 0.25) is 4.34 Å². The summed E-state index contributed by atoms with van der Waals surface area (Å²) < 4.78 is 33.1. The average Bonchev–Trinajstić information content (AvgIpc) is 3.42. The van der Waals surface area contributed by atoms with Crippen molar-refractivity contribution in [3.63, 3.8) is 0 Å². The molecule has 8 nitrogen and oxygen atoms in total. The number of benzene rings is 1. The third-order valence-corrected chi connectivity index (χ3v) is 8.49. The van der Waals surface area contributed by atoms with E-state index in [9.17, 15) is 13.2 Å². The van der Waals surface area contributed by atoms with Crippen LogP contribution in [0.4, 0.5) is 6.01 Å². The van der Waals surface area contributed by atoms with Gasteiger partial charge in [-0.05, 0) is 50.5 Å². The predicted octanol–water partition coefficient (Wildman–Crippen LogP) is 3.86. The third kappa shape index (κ3) is 4.00. The number of halogens is 1. The van der Waals surface area contributed by atoms with Gasteiger partial charge in [0.2, 0.25) is 11.8 Å². The normalized spacial score (nSPS) is 17.4. The number of rotatable bonds is 5. The van der Waals surface area contributed by atoms with Gasteiger partial charge in [0.25, 0.3) is 10.0 Å². The lowest BCUT2D eigenvalue weighted by molar-refractivity contribution is -0.119. The quantitative estimate of drug-likeness (QED) is 0.612.